The van der Waals surface area contributed by atoms with Gasteiger partial charge in [0.25, 0.3) is 0 Å². The molecule has 7 heteroatoms. The standard InChI is InChI=1S/C18H20O6S/c1-22-16-8-9-17(23-2)15(10-16)11-24-18(19)14-6-4-13(5-7-14)12-25(3,20)21/h4-10H,11-12H2,1-3H3. The molecule has 0 amide bonds. The van der Waals surface area contributed by atoms with E-state index in [0.29, 0.717) is 28.2 Å². The molecule has 2 rings (SSSR count). The Morgan fingerprint density at radius 3 is 2.24 bits per heavy atom. The molecule has 134 valence electrons. The van der Waals surface area contributed by atoms with Crippen LogP contribution in [0.5, 0.6) is 11.5 Å². The summed E-state index contributed by atoms with van der Waals surface area (Å²) >= 11 is 0. The molecule has 0 aliphatic heterocycles. The zero-order chi connectivity index (χ0) is 18.4. The Morgan fingerprint density at radius 2 is 1.68 bits per heavy atom. The maximum Gasteiger partial charge on any atom is 0.338 e. The van der Waals surface area contributed by atoms with Crippen molar-refractivity contribution in [2.75, 3.05) is 20.5 Å². The lowest BCUT2D eigenvalue weighted by molar-refractivity contribution is 0.0470. The third-order valence-corrected chi connectivity index (χ3v) is 4.32. The number of ether oxygens (including phenoxy) is 3. The highest BCUT2D eigenvalue weighted by Crippen LogP contribution is 2.25. The molecular formula is C18H20O6S. The first-order chi connectivity index (χ1) is 11.8. The number of methoxy groups -OCH3 is 2. The molecule has 0 saturated heterocycles. The Kier molecular flexibility index (Phi) is 6.03. The molecule has 6 nitrogen and oxygen atoms in total. The third kappa shape index (κ3) is 5.49. The van der Waals surface area contributed by atoms with Crippen LogP contribution < -0.4 is 9.47 Å². The summed E-state index contributed by atoms with van der Waals surface area (Å²) in [5.41, 5.74) is 1.65. The van der Waals surface area contributed by atoms with E-state index in [1.807, 2.05) is 0 Å². The van der Waals surface area contributed by atoms with Crippen LogP contribution in [0.15, 0.2) is 42.5 Å². The first-order valence-electron chi connectivity index (χ1n) is 7.47. The molecule has 0 atom stereocenters. The number of esters is 1. The predicted molar refractivity (Wildman–Crippen MR) is 93.7 cm³/mol. The molecular weight excluding hydrogens is 344 g/mol. The number of benzene rings is 2. The Balaban J connectivity index is 2.05. The fraction of sp³-hybridized carbons (Fsp3) is 0.278. The van der Waals surface area contributed by atoms with Crippen molar-refractivity contribution in [2.45, 2.75) is 12.4 Å². The van der Waals surface area contributed by atoms with Gasteiger partial charge in [-0.3, -0.25) is 0 Å². The summed E-state index contributed by atoms with van der Waals surface area (Å²) in [7, 11) is -0.0262. The quantitative estimate of drug-likeness (QED) is 0.703. The van der Waals surface area contributed by atoms with Crippen LogP contribution in [0.3, 0.4) is 0 Å². The molecule has 0 fully saturated rings. The minimum absolute atomic E-state index is 0.0320. The lowest BCUT2D eigenvalue weighted by atomic mass is 10.1. The van der Waals surface area contributed by atoms with Gasteiger partial charge in [0, 0.05) is 11.8 Å². The van der Waals surface area contributed by atoms with E-state index in [4.69, 9.17) is 14.2 Å². The SMILES string of the molecule is COc1ccc(OC)c(COC(=O)c2ccc(CS(C)(=O)=O)cc2)c1. The fourth-order valence-electron chi connectivity index (χ4n) is 2.26. The van der Waals surface area contributed by atoms with E-state index in [2.05, 4.69) is 0 Å². The molecule has 2 aromatic rings. The van der Waals surface area contributed by atoms with Crippen LogP contribution in [0.2, 0.25) is 0 Å². The summed E-state index contributed by atoms with van der Waals surface area (Å²) in [5, 5.41) is 0. The Hall–Kier alpha value is -2.54. The van der Waals surface area contributed by atoms with Crippen molar-refractivity contribution in [1.29, 1.82) is 0 Å². The van der Waals surface area contributed by atoms with Gasteiger partial charge in [0.2, 0.25) is 0 Å². The van der Waals surface area contributed by atoms with E-state index in [9.17, 15) is 13.2 Å². The fourth-order valence-corrected chi connectivity index (χ4v) is 3.06. The lowest BCUT2D eigenvalue weighted by Crippen LogP contribution is -2.07. The van der Waals surface area contributed by atoms with Gasteiger partial charge >= 0.3 is 5.97 Å². The number of rotatable bonds is 7. The maximum atomic E-state index is 12.2. The van der Waals surface area contributed by atoms with E-state index < -0.39 is 15.8 Å². The van der Waals surface area contributed by atoms with E-state index in [-0.39, 0.29) is 12.4 Å². The Bertz CT molecular complexity index is 840. The highest BCUT2D eigenvalue weighted by molar-refractivity contribution is 7.89. The number of carbonyl (C=O) groups is 1. The van der Waals surface area contributed by atoms with Gasteiger partial charge in [0.05, 0.1) is 25.5 Å². The smallest absolute Gasteiger partial charge is 0.338 e. The minimum atomic E-state index is -3.11. The summed E-state index contributed by atoms with van der Waals surface area (Å²) in [6, 6.07) is 11.5. The van der Waals surface area contributed by atoms with E-state index in [1.165, 1.54) is 7.11 Å². The Morgan fingerprint density at radius 1 is 1.00 bits per heavy atom. The monoisotopic (exact) mass is 364 g/mol. The first-order valence-corrected chi connectivity index (χ1v) is 9.53. The van der Waals surface area contributed by atoms with Crippen LogP contribution in [0.25, 0.3) is 0 Å². The molecule has 0 aromatic heterocycles. The van der Waals surface area contributed by atoms with Crippen molar-refractivity contribution in [1.82, 2.24) is 0 Å². The second-order valence-electron chi connectivity index (χ2n) is 5.52. The predicted octanol–water partition coefficient (Wildman–Crippen LogP) is 2.61. The summed E-state index contributed by atoms with van der Waals surface area (Å²) < 4.78 is 38.3. The molecule has 0 spiro atoms. The van der Waals surface area contributed by atoms with Crippen LogP contribution >= 0.6 is 0 Å². The van der Waals surface area contributed by atoms with Crippen LogP contribution in [0, 0.1) is 0 Å². The second-order valence-corrected chi connectivity index (χ2v) is 7.66. The van der Waals surface area contributed by atoms with Gasteiger partial charge in [-0.15, -0.1) is 0 Å². The summed E-state index contributed by atoms with van der Waals surface area (Å²) in [5.74, 6) is 0.661. The van der Waals surface area contributed by atoms with Gasteiger partial charge < -0.3 is 14.2 Å². The molecule has 0 bridgehead atoms. The lowest BCUT2D eigenvalue weighted by Gasteiger charge is -2.11. The van der Waals surface area contributed by atoms with Gasteiger partial charge in [-0.1, -0.05) is 12.1 Å². The number of hydrogen-bond acceptors (Lipinski definition) is 6. The van der Waals surface area contributed by atoms with Crippen molar-refractivity contribution in [3.05, 3.63) is 59.2 Å². The topological polar surface area (TPSA) is 78.9 Å². The molecule has 25 heavy (non-hydrogen) atoms. The summed E-state index contributed by atoms with van der Waals surface area (Å²) in [4.78, 5) is 12.2. The van der Waals surface area contributed by atoms with Crippen molar-refractivity contribution in [3.63, 3.8) is 0 Å². The minimum Gasteiger partial charge on any atom is -0.497 e. The van der Waals surface area contributed by atoms with Crippen LogP contribution in [-0.2, 0) is 26.9 Å². The normalized spacial score (nSPS) is 11.0. The van der Waals surface area contributed by atoms with Crippen molar-refractivity contribution in [2.24, 2.45) is 0 Å². The van der Waals surface area contributed by atoms with Crippen LogP contribution in [-0.4, -0.2) is 34.9 Å². The molecule has 0 N–H and O–H groups in total. The molecule has 2 aromatic carbocycles. The van der Waals surface area contributed by atoms with Gasteiger partial charge in [0.15, 0.2) is 9.84 Å². The van der Waals surface area contributed by atoms with E-state index in [0.717, 1.165) is 6.26 Å². The average Bonchev–Trinajstić information content (AvgIpc) is 2.58. The third-order valence-electron chi connectivity index (χ3n) is 3.46. The van der Waals surface area contributed by atoms with Gasteiger partial charge in [-0.25, -0.2) is 13.2 Å². The number of sulfone groups is 1. The van der Waals surface area contributed by atoms with E-state index >= 15 is 0 Å². The molecule has 0 unspecified atom stereocenters. The highest BCUT2D eigenvalue weighted by atomic mass is 32.2. The zero-order valence-corrected chi connectivity index (χ0v) is 15.1. The maximum absolute atomic E-state index is 12.2. The number of carbonyl (C=O) groups excluding carboxylic acids is 1. The van der Waals surface area contributed by atoms with Gasteiger partial charge in [-0.2, -0.15) is 0 Å². The molecule has 0 aliphatic rings. The molecule has 0 aliphatic carbocycles. The number of hydrogen-bond donors (Lipinski definition) is 0. The first kappa shape index (κ1) is 18.8. The van der Waals surface area contributed by atoms with Crippen molar-refractivity contribution in [3.8, 4) is 11.5 Å². The van der Waals surface area contributed by atoms with Crippen LogP contribution in [0.4, 0.5) is 0 Å². The zero-order valence-electron chi connectivity index (χ0n) is 14.3. The Labute approximate surface area is 147 Å². The molecule has 0 radical (unpaired) electrons. The van der Waals surface area contributed by atoms with Crippen LogP contribution in [0.1, 0.15) is 21.5 Å². The average molecular weight is 364 g/mol. The summed E-state index contributed by atoms with van der Waals surface area (Å²) in [6.07, 6.45) is 1.16. The van der Waals surface area contributed by atoms with Gasteiger partial charge in [0.1, 0.15) is 18.1 Å². The van der Waals surface area contributed by atoms with E-state index in [1.54, 1.807) is 49.6 Å². The van der Waals surface area contributed by atoms with Crippen molar-refractivity contribution >= 4 is 15.8 Å². The molecule has 0 heterocycles. The largest absolute Gasteiger partial charge is 0.497 e. The van der Waals surface area contributed by atoms with Gasteiger partial charge in [-0.05, 0) is 35.9 Å². The highest BCUT2D eigenvalue weighted by Gasteiger charge is 2.12. The van der Waals surface area contributed by atoms with Crippen molar-refractivity contribution < 1.29 is 27.4 Å². The summed E-state index contributed by atoms with van der Waals surface area (Å²) in [6.45, 7) is 0.0320. The molecule has 0 saturated carbocycles. The second kappa shape index (κ2) is 8.02.